The smallest absolute Gasteiger partial charge is 0.475 e. The van der Waals surface area contributed by atoms with Crippen LogP contribution in [-0.2, 0) is 22.6 Å². The molecule has 1 spiro atoms. The highest BCUT2D eigenvalue weighted by Crippen LogP contribution is 2.46. The summed E-state index contributed by atoms with van der Waals surface area (Å²) in [5, 5.41) is 7.12. The van der Waals surface area contributed by atoms with Gasteiger partial charge in [0.2, 0.25) is 0 Å². The van der Waals surface area contributed by atoms with Crippen molar-refractivity contribution in [1.29, 1.82) is 0 Å². The first-order chi connectivity index (χ1) is 15.6. The molecule has 10 heteroatoms. The number of rotatable bonds is 5. The van der Waals surface area contributed by atoms with Gasteiger partial charge in [0, 0.05) is 30.6 Å². The number of halogens is 3. The lowest BCUT2D eigenvalue weighted by Crippen LogP contribution is -2.60. The molecule has 1 aromatic heterocycles. The van der Waals surface area contributed by atoms with E-state index in [-0.39, 0.29) is 16.8 Å². The van der Waals surface area contributed by atoms with Crippen molar-refractivity contribution >= 4 is 23.6 Å². The molecule has 2 saturated heterocycles. The van der Waals surface area contributed by atoms with Crippen LogP contribution in [0.15, 0.2) is 48.7 Å². The molecule has 0 saturated carbocycles. The number of hydrogen-bond acceptors (Lipinski definition) is 5. The second kappa shape index (κ2) is 10.6. The highest BCUT2D eigenvalue weighted by atomic mass is 32.2. The monoisotopic (exact) mass is 482 g/mol. The second-order valence-electron chi connectivity index (χ2n) is 7.97. The molecule has 4 rings (SSSR count). The highest BCUT2D eigenvalue weighted by Gasteiger charge is 2.51. The third kappa shape index (κ3) is 6.70. The number of alkyl halides is 3. The van der Waals surface area contributed by atoms with Crippen molar-refractivity contribution in [3.05, 3.63) is 65.5 Å². The van der Waals surface area contributed by atoms with Gasteiger partial charge in [-0.1, -0.05) is 25.1 Å². The lowest BCUT2D eigenvalue weighted by Gasteiger charge is -2.47. The highest BCUT2D eigenvalue weighted by molar-refractivity contribution is 8.01. The Balaban J connectivity index is 0.000000383. The minimum absolute atomic E-state index is 0.150. The number of carbonyl (C=O) groups excluding carboxylic acids is 1. The van der Waals surface area contributed by atoms with Crippen LogP contribution in [0.25, 0.3) is 0 Å². The second-order valence-corrected chi connectivity index (χ2v) is 9.45. The number of amides is 1. The average molecular weight is 483 g/mol. The zero-order valence-electron chi connectivity index (χ0n) is 18.0. The van der Waals surface area contributed by atoms with Crippen molar-refractivity contribution in [2.45, 2.75) is 43.4 Å². The predicted molar refractivity (Wildman–Crippen MR) is 118 cm³/mol. The van der Waals surface area contributed by atoms with Crippen molar-refractivity contribution < 1.29 is 32.6 Å². The Labute approximate surface area is 194 Å². The van der Waals surface area contributed by atoms with Gasteiger partial charge < -0.3 is 14.7 Å². The summed E-state index contributed by atoms with van der Waals surface area (Å²) >= 11 is 1.96. The summed E-state index contributed by atoms with van der Waals surface area (Å²) in [4.78, 5) is 27.8. The number of nitrogens with zero attached hydrogens (tertiary/aromatic N) is 2. The summed E-state index contributed by atoms with van der Waals surface area (Å²) in [6, 6.07) is 13.9. The fourth-order valence-corrected chi connectivity index (χ4v) is 5.23. The number of carboxylic acids is 1. The third-order valence-corrected chi connectivity index (χ3v) is 7.04. The molecular weight excluding hydrogens is 457 g/mol. The van der Waals surface area contributed by atoms with Crippen molar-refractivity contribution in [3.63, 3.8) is 0 Å². The molecule has 3 heterocycles. The van der Waals surface area contributed by atoms with Gasteiger partial charge >= 0.3 is 12.1 Å². The van der Waals surface area contributed by atoms with Gasteiger partial charge in [0.1, 0.15) is 0 Å². The van der Waals surface area contributed by atoms with Crippen LogP contribution in [0.1, 0.15) is 35.0 Å². The Morgan fingerprint density at radius 2 is 1.88 bits per heavy atom. The summed E-state index contributed by atoms with van der Waals surface area (Å²) in [5.74, 6) is -1.61. The standard InChI is InChI=1S/C21H24N2O2S.C2HF3O2/c1-2-16-6-8-17(9-7-16)20(24)23-14-21(15-23)11-19(13-26-21)25-12-18-5-3-4-10-22-18;3-2(4,5)1(6)7/h3-10,19H,2,11-15H2,1H3;(H,6,7). The van der Waals surface area contributed by atoms with E-state index < -0.39 is 12.1 Å². The number of carbonyl (C=O) groups is 2. The number of carboxylic acid groups (broad SMARTS) is 1. The largest absolute Gasteiger partial charge is 0.490 e. The number of hydrogen-bond donors (Lipinski definition) is 1. The van der Waals surface area contributed by atoms with E-state index in [1.165, 1.54) is 5.56 Å². The minimum atomic E-state index is -5.08. The normalized spacial score (nSPS) is 18.9. The van der Waals surface area contributed by atoms with Gasteiger partial charge in [-0.05, 0) is 42.7 Å². The lowest BCUT2D eigenvalue weighted by atomic mass is 9.92. The van der Waals surface area contributed by atoms with Crippen LogP contribution in [0.5, 0.6) is 0 Å². The lowest BCUT2D eigenvalue weighted by molar-refractivity contribution is -0.192. The molecule has 1 amide bonds. The molecule has 2 fully saturated rings. The van der Waals surface area contributed by atoms with E-state index in [0.717, 1.165) is 42.9 Å². The van der Waals surface area contributed by atoms with Crippen molar-refractivity contribution in [2.24, 2.45) is 0 Å². The van der Waals surface area contributed by atoms with Crippen LogP contribution < -0.4 is 0 Å². The maximum Gasteiger partial charge on any atom is 0.490 e. The van der Waals surface area contributed by atoms with Crippen LogP contribution in [0.4, 0.5) is 13.2 Å². The number of aromatic nitrogens is 1. The fraction of sp³-hybridized carbons (Fsp3) is 0.435. The van der Waals surface area contributed by atoms with Gasteiger partial charge in [-0.15, -0.1) is 11.8 Å². The Kier molecular flexibility index (Phi) is 8.01. The number of thioether (sulfide) groups is 1. The van der Waals surface area contributed by atoms with Crippen molar-refractivity contribution in [1.82, 2.24) is 9.88 Å². The molecule has 1 unspecified atom stereocenters. The van der Waals surface area contributed by atoms with Crippen LogP contribution in [0.3, 0.4) is 0 Å². The van der Waals surface area contributed by atoms with E-state index in [1.807, 2.05) is 47.0 Å². The Hall–Kier alpha value is -2.59. The van der Waals surface area contributed by atoms with Crippen LogP contribution >= 0.6 is 11.8 Å². The van der Waals surface area contributed by atoms with Gasteiger partial charge in [0.05, 0.1) is 23.2 Å². The topological polar surface area (TPSA) is 79.7 Å². The first-order valence-corrected chi connectivity index (χ1v) is 11.4. The number of pyridine rings is 1. The minimum Gasteiger partial charge on any atom is -0.475 e. The number of aliphatic carboxylic acids is 1. The first-order valence-electron chi connectivity index (χ1n) is 10.5. The van der Waals surface area contributed by atoms with Gasteiger partial charge in [0.15, 0.2) is 0 Å². The zero-order chi connectivity index (χ0) is 24.1. The third-order valence-electron chi connectivity index (χ3n) is 5.47. The van der Waals surface area contributed by atoms with E-state index in [1.54, 1.807) is 6.20 Å². The number of ether oxygens (including phenoxy) is 1. The van der Waals surface area contributed by atoms with E-state index >= 15 is 0 Å². The van der Waals surface area contributed by atoms with E-state index in [0.29, 0.717) is 6.61 Å². The molecule has 33 heavy (non-hydrogen) atoms. The molecular formula is C23H25F3N2O4S. The molecule has 6 nitrogen and oxygen atoms in total. The maximum atomic E-state index is 12.6. The van der Waals surface area contributed by atoms with E-state index in [4.69, 9.17) is 14.6 Å². The number of benzene rings is 1. The van der Waals surface area contributed by atoms with Crippen LogP contribution in [0, 0.1) is 0 Å². The molecule has 178 valence electrons. The molecule has 0 aliphatic carbocycles. The molecule has 0 radical (unpaired) electrons. The molecule has 1 atom stereocenters. The summed E-state index contributed by atoms with van der Waals surface area (Å²) in [6.07, 6.45) is -1.02. The van der Waals surface area contributed by atoms with Gasteiger partial charge in [-0.2, -0.15) is 13.2 Å². The van der Waals surface area contributed by atoms with E-state index in [2.05, 4.69) is 24.0 Å². The Morgan fingerprint density at radius 3 is 2.42 bits per heavy atom. The van der Waals surface area contributed by atoms with Crippen LogP contribution in [0.2, 0.25) is 0 Å². The molecule has 2 aliphatic rings. The summed E-state index contributed by atoms with van der Waals surface area (Å²) in [7, 11) is 0. The maximum absolute atomic E-state index is 12.6. The number of likely N-dealkylation sites (tertiary alicyclic amines) is 1. The fourth-order valence-electron chi connectivity index (χ4n) is 3.68. The SMILES string of the molecule is CCc1ccc(C(=O)N2CC3(CC(OCc4ccccn4)CS3)C2)cc1.O=C(O)C(F)(F)F. The Morgan fingerprint density at radius 1 is 1.21 bits per heavy atom. The van der Waals surface area contributed by atoms with Gasteiger partial charge in [-0.25, -0.2) is 4.79 Å². The van der Waals surface area contributed by atoms with Gasteiger partial charge in [0.25, 0.3) is 5.91 Å². The zero-order valence-corrected chi connectivity index (χ0v) is 18.9. The molecule has 1 aromatic carbocycles. The molecule has 2 aromatic rings. The van der Waals surface area contributed by atoms with Crippen LogP contribution in [-0.4, -0.2) is 62.7 Å². The number of aryl methyl sites for hydroxylation is 1. The molecule has 1 N–H and O–H groups in total. The predicted octanol–water partition coefficient (Wildman–Crippen LogP) is 4.19. The Bertz CT molecular complexity index is 948. The summed E-state index contributed by atoms with van der Waals surface area (Å²) < 4.78 is 38.0. The van der Waals surface area contributed by atoms with Crippen molar-refractivity contribution in [3.8, 4) is 0 Å². The average Bonchev–Trinajstić information content (AvgIpc) is 3.22. The molecule has 0 bridgehead atoms. The first kappa shape index (κ1) is 25.0. The molecule has 2 aliphatic heterocycles. The van der Waals surface area contributed by atoms with Gasteiger partial charge in [-0.3, -0.25) is 9.78 Å². The summed E-state index contributed by atoms with van der Waals surface area (Å²) in [6.45, 7) is 4.35. The van der Waals surface area contributed by atoms with Crippen molar-refractivity contribution in [2.75, 3.05) is 18.8 Å². The quantitative estimate of drug-likeness (QED) is 0.688. The van der Waals surface area contributed by atoms with E-state index in [9.17, 15) is 18.0 Å². The summed E-state index contributed by atoms with van der Waals surface area (Å²) in [5.41, 5.74) is 3.03.